The second kappa shape index (κ2) is 3.78. The van der Waals surface area contributed by atoms with Gasteiger partial charge in [0.2, 0.25) is 0 Å². The lowest BCUT2D eigenvalue weighted by atomic mass is 10.00. The number of Topliss-reactive ketones (excluding diaryl/α,β-unsaturated/α-hetero) is 1. The van der Waals surface area contributed by atoms with Gasteiger partial charge in [0.25, 0.3) is 0 Å². The van der Waals surface area contributed by atoms with Gasteiger partial charge in [0.05, 0.1) is 8.66 Å². The summed E-state index contributed by atoms with van der Waals surface area (Å²) in [5.74, 6) is 1.20. The number of aryl methyl sites for hydroxylation is 1. The second-order valence-electron chi connectivity index (χ2n) is 4.06. The minimum Gasteiger partial charge on any atom is -0.293 e. The van der Waals surface area contributed by atoms with E-state index in [1.807, 2.05) is 13.0 Å². The van der Waals surface area contributed by atoms with Crippen molar-refractivity contribution in [2.75, 3.05) is 0 Å². The van der Waals surface area contributed by atoms with E-state index in [1.165, 1.54) is 18.4 Å². The zero-order valence-corrected chi connectivity index (χ0v) is 10.7. The molecule has 0 amide bonds. The maximum atomic E-state index is 12.0. The standard InChI is InChI=1S/C11H13BrOS/c1-6-5-9(14-11(6)12)10(13)7(2)8-3-4-8/h5,7-8H,3-4H2,1-2H3. The third-order valence-corrected chi connectivity index (χ3v) is 4.99. The van der Waals surface area contributed by atoms with Crippen LogP contribution in [0.2, 0.25) is 0 Å². The summed E-state index contributed by atoms with van der Waals surface area (Å²) >= 11 is 5.02. The molecule has 2 rings (SSSR count). The van der Waals surface area contributed by atoms with Crippen LogP contribution in [-0.4, -0.2) is 5.78 Å². The average molecular weight is 273 g/mol. The molecule has 1 atom stereocenters. The van der Waals surface area contributed by atoms with Crippen molar-refractivity contribution in [2.45, 2.75) is 26.7 Å². The summed E-state index contributed by atoms with van der Waals surface area (Å²) in [7, 11) is 0. The molecule has 1 unspecified atom stereocenters. The number of halogens is 1. The quantitative estimate of drug-likeness (QED) is 0.759. The predicted octanol–water partition coefficient (Wildman–Crippen LogP) is 4.05. The minimum absolute atomic E-state index is 0.222. The van der Waals surface area contributed by atoms with Gasteiger partial charge in [0.1, 0.15) is 0 Å². The molecule has 76 valence electrons. The molecule has 1 nitrogen and oxygen atoms in total. The molecule has 14 heavy (non-hydrogen) atoms. The van der Waals surface area contributed by atoms with Crippen molar-refractivity contribution in [3.8, 4) is 0 Å². The molecule has 1 aliphatic carbocycles. The Kier molecular flexibility index (Phi) is 2.80. The SMILES string of the molecule is Cc1cc(C(=O)C(C)C2CC2)sc1Br. The van der Waals surface area contributed by atoms with Gasteiger partial charge in [-0.25, -0.2) is 0 Å². The van der Waals surface area contributed by atoms with Gasteiger partial charge in [-0.05, 0) is 53.2 Å². The molecule has 1 aromatic heterocycles. The molecule has 1 saturated carbocycles. The first kappa shape index (κ1) is 10.4. The largest absolute Gasteiger partial charge is 0.293 e. The van der Waals surface area contributed by atoms with Crippen LogP contribution in [0.25, 0.3) is 0 Å². The lowest BCUT2D eigenvalue weighted by Gasteiger charge is -2.05. The van der Waals surface area contributed by atoms with Crippen LogP contribution in [0.3, 0.4) is 0 Å². The molecule has 1 fully saturated rings. The minimum atomic E-state index is 0.222. The van der Waals surface area contributed by atoms with Crippen LogP contribution in [0.4, 0.5) is 0 Å². The maximum Gasteiger partial charge on any atom is 0.175 e. The normalized spacial score (nSPS) is 18.2. The number of hydrogen-bond acceptors (Lipinski definition) is 2. The van der Waals surface area contributed by atoms with E-state index in [2.05, 4.69) is 22.9 Å². The molecule has 0 bridgehead atoms. The summed E-state index contributed by atoms with van der Waals surface area (Å²) in [6.07, 6.45) is 2.47. The topological polar surface area (TPSA) is 17.1 Å². The lowest BCUT2D eigenvalue weighted by Crippen LogP contribution is -2.11. The molecule has 0 aromatic carbocycles. The Hall–Kier alpha value is -0.150. The summed E-state index contributed by atoms with van der Waals surface area (Å²) in [5, 5.41) is 0. The van der Waals surface area contributed by atoms with Gasteiger partial charge in [-0.15, -0.1) is 11.3 Å². The van der Waals surface area contributed by atoms with E-state index in [1.54, 1.807) is 11.3 Å². The molecule has 0 saturated heterocycles. The van der Waals surface area contributed by atoms with Crippen LogP contribution < -0.4 is 0 Å². The molecule has 0 aliphatic heterocycles. The molecule has 1 aliphatic rings. The smallest absolute Gasteiger partial charge is 0.175 e. The fraction of sp³-hybridized carbons (Fsp3) is 0.545. The van der Waals surface area contributed by atoms with Crippen molar-refractivity contribution in [2.24, 2.45) is 11.8 Å². The second-order valence-corrected chi connectivity index (χ2v) is 6.43. The Balaban J connectivity index is 2.17. The highest BCUT2D eigenvalue weighted by molar-refractivity contribution is 9.11. The summed E-state index contributed by atoms with van der Waals surface area (Å²) in [6, 6.07) is 2.00. The van der Waals surface area contributed by atoms with Crippen molar-refractivity contribution < 1.29 is 4.79 Å². The van der Waals surface area contributed by atoms with Gasteiger partial charge in [0.15, 0.2) is 5.78 Å². The Labute approximate surface area is 96.6 Å². The number of ketones is 1. The van der Waals surface area contributed by atoms with Gasteiger partial charge >= 0.3 is 0 Å². The molecule has 1 heterocycles. The molecule has 0 N–H and O–H groups in total. The van der Waals surface area contributed by atoms with Crippen molar-refractivity contribution in [1.29, 1.82) is 0 Å². The maximum absolute atomic E-state index is 12.0. The molecule has 1 aromatic rings. The highest BCUT2D eigenvalue weighted by atomic mass is 79.9. The van der Waals surface area contributed by atoms with Gasteiger partial charge in [-0.1, -0.05) is 6.92 Å². The van der Waals surface area contributed by atoms with Crippen molar-refractivity contribution in [1.82, 2.24) is 0 Å². The average Bonchev–Trinajstić information content (AvgIpc) is 2.93. The van der Waals surface area contributed by atoms with Crippen molar-refractivity contribution >= 4 is 33.0 Å². The summed E-state index contributed by atoms with van der Waals surface area (Å²) in [5.41, 5.74) is 1.17. The zero-order valence-electron chi connectivity index (χ0n) is 8.34. The van der Waals surface area contributed by atoms with Gasteiger partial charge in [0, 0.05) is 5.92 Å². The fourth-order valence-electron chi connectivity index (χ4n) is 1.62. The van der Waals surface area contributed by atoms with Crippen LogP contribution >= 0.6 is 27.3 Å². The number of carbonyl (C=O) groups excluding carboxylic acids is 1. The van der Waals surface area contributed by atoms with Gasteiger partial charge in [-0.3, -0.25) is 4.79 Å². The first-order valence-corrected chi connectivity index (χ1v) is 6.50. The van der Waals surface area contributed by atoms with Crippen molar-refractivity contribution in [3.05, 3.63) is 20.3 Å². The van der Waals surface area contributed by atoms with E-state index in [-0.39, 0.29) is 5.92 Å². The van der Waals surface area contributed by atoms with Crippen LogP contribution in [0.5, 0.6) is 0 Å². The Morgan fingerprint density at radius 1 is 1.64 bits per heavy atom. The Morgan fingerprint density at radius 3 is 2.71 bits per heavy atom. The number of hydrogen-bond donors (Lipinski definition) is 0. The van der Waals surface area contributed by atoms with Crippen LogP contribution in [0, 0.1) is 18.8 Å². The fourth-order valence-corrected chi connectivity index (χ4v) is 3.19. The monoisotopic (exact) mass is 272 g/mol. The summed E-state index contributed by atoms with van der Waals surface area (Å²) in [6.45, 7) is 4.09. The number of carbonyl (C=O) groups is 1. The third-order valence-electron chi connectivity index (χ3n) is 2.84. The molecular formula is C11H13BrOS. The Morgan fingerprint density at radius 2 is 2.29 bits per heavy atom. The first-order valence-electron chi connectivity index (χ1n) is 4.89. The highest BCUT2D eigenvalue weighted by Gasteiger charge is 2.33. The Bertz CT molecular complexity index is 346. The zero-order chi connectivity index (χ0) is 10.3. The predicted molar refractivity (Wildman–Crippen MR) is 63.0 cm³/mol. The van der Waals surface area contributed by atoms with Gasteiger partial charge < -0.3 is 0 Å². The number of thiophene rings is 1. The third kappa shape index (κ3) is 1.94. The van der Waals surface area contributed by atoms with Gasteiger partial charge in [-0.2, -0.15) is 0 Å². The van der Waals surface area contributed by atoms with E-state index in [0.717, 1.165) is 8.66 Å². The van der Waals surface area contributed by atoms with E-state index in [9.17, 15) is 4.79 Å². The van der Waals surface area contributed by atoms with E-state index < -0.39 is 0 Å². The van der Waals surface area contributed by atoms with Crippen LogP contribution in [0.15, 0.2) is 9.85 Å². The molecule has 0 radical (unpaired) electrons. The summed E-state index contributed by atoms with van der Waals surface area (Å²) < 4.78 is 1.09. The lowest BCUT2D eigenvalue weighted by molar-refractivity contribution is 0.0920. The van der Waals surface area contributed by atoms with Crippen molar-refractivity contribution in [3.63, 3.8) is 0 Å². The van der Waals surface area contributed by atoms with Crippen LogP contribution in [-0.2, 0) is 0 Å². The van der Waals surface area contributed by atoms with E-state index in [0.29, 0.717) is 11.7 Å². The summed E-state index contributed by atoms with van der Waals surface area (Å²) in [4.78, 5) is 12.9. The molecular weight excluding hydrogens is 260 g/mol. The molecule has 3 heteroatoms. The van der Waals surface area contributed by atoms with Crippen LogP contribution in [0.1, 0.15) is 35.0 Å². The first-order chi connectivity index (χ1) is 6.59. The van der Waals surface area contributed by atoms with E-state index >= 15 is 0 Å². The van der Waals surface area contributed by atoms with E-state index in [4.69, 9.17) is 0 Å². The number of rotatable bonds is 3. The molecule has 0 spiro atoms. The highest BCUT2D eigenvalue weighted by Crippen LogP contribution is 2.39.